The average molecular weight is 287 g/mol. The molecule has 0 aromatic heterocycles. The zero-order valence-electron chi connectivity index (χ0n) is 9.92. The molecule has 3 nitrogen and oxygen atoms in total. The van der Waals surface area contributed by atoms with Crippen molar-refractivity contribution in [3.05, 3.63) is 48.5 Å². The Morgan fingerprint density at radius 1 is 0.944 bits per heavy atom. The highest BCUT2D eigenvalue weighted by atomic mass is 35.5. The molecule has 0 atom stereocenters. The van der Waals surface area contributed by atoms with Gasteiger partial charge in [-0.2, -0.15) is 0 Å². The number of nitrogen functional groups attached to an aromatic ring is 1. The molecule has 98 valence electrons. The lowest BCUT2D eigenvalue weighted by Crippen LogP contribution is -1.95. The minimum absolute atomic E-state index is 0. The van der Waals surface area contributed by atoms with Crippen molar-refractivity contribution in [2.75, 3.05) is 18.2 Å². The lowest BCUT2D eigenvalue weighted by atomic mass is 10.2. The van der Waals surface area contributed by atoms with Crippen LogP contribution in [0.1, 0.15) is 0 Å². The number of ether oxygens (including phenoxy) is 1. The van der Waals surface area contributed by atoms with E-state index in [-0.39, 0.29) is 24.8 Å². The number of hydrogen-bond donors (Lipinski definition) is 2. The zero-order valence-corrected chi connectivity index (χ0v) is 11.6. The second-order valence-corrected chi connectivity index (χ2v) is 3.44. The predicted molar refractivity (Wildman–Crippen MR) is 81.6 cm³/mol. The van der Waals surface area contributed by atoms with E-state index in [4.69, 9.17) is 10.5 Å². The van der Waals surface area contributed by atoms with Crippen molar-refractivity contribution in [3.63, 3.8) is 0 Å². The van der Waals surface area contributed by atoms with Crippen LogP contribution in [-0.2, 0) is 0 Å². The van der Waals surface area contributed by atoms with E-state index in [0.29, 0.717) is 0 Å². The summed E-state index contributed by atoms with van der Waals surface area (Å²) >= 11 is 0. The standard InChI is InChI=1S/C13H14N2O.2ClH/c1-16-11-8-6-10(7-9-11)15-13-5-3-2-4-12(13)14;;/h2-9,15H,14H2,1H3;2*1H. The highest BCUT2D eigenvalue weighted by Crippen LogP contribution is 2.23. The number of benzene rings is 2. The molecule has 2 aromatic rings. The number of halogens is 2. The van der Waals surface area contributed by atoms with Gasteiger partial charge in [0.1, 0.15) is 5.75 Å². The summed E-state index contributed by atoms with van der Waals surface area (Å²) in [6.07, 6.45) is 0. The molecule has 0 aliphatic rings. The summed E-state index contributed by atoms with van der Waals surface area (Å²) in [7, 11) is 1.65. The largest absolute Gasteiger partial charge is 0.497 e. The quantitative estimate of drug-likeness (QED) is 0.842. The van der Waals surface area contributed by atoms with Gasteiger partial charge in [0.05, 0.1) is 18.5 Å². The predicted octanol–water partition coefficient (Wildman–Crippen LogP) is 3.86. The lowest BCUT2D eigenvalue weighted by molar-refractivity contribution is 0.415. The Labute approximate surface area is 119 Å². The summed E-state index contributed by atoms with van der Waals surface area (Å²) in [5, 5.41) is 3.24. The fourth-order valence-electron chi connectivity index (χ4n) is 1.44. The second-order valence-electron chi connectivity index (χ2n) is 3.44. The summed E-state index contributed by atoms with van der Waals surface area (Å²) in [4.78, 5) is 0. The molecule has 2 rings (SSSR count). The van der Waals surface area contributed by atoms with Crippen molar-refractivity contribution in [2.24, 2.45) is 0 Å². The van der Waals surface area contributed by atoms with E-state index < -0.39 is 0 Å². The minimum Gasteiger partial charge on any atom is -0.497 e. The number of rotatable bonds is 3. The van der Waals surface area contributed by atoms with Gasteiger partial charge in [-0.3, -0.25) is 0 Å². The van der Waals surface area contributed by atoms with Gasteiger partial charge in [0.2, 0.25) is 0 Å². The van der Waals surface area contributed by atoms with Crippen LogP contribution in [0.4, 0.5) is 17.1 Å². The molecular formula is C13H16Cl2N2O. The van der Waals surface area contributed by atoms with Crippen molar-refractivity contribution in [2.45, 2.75) is 0 Å². The van der Waals surface area contributed by atoms with Crippen LogP contribution in [0.3, 0.4) is 0 Å². The van der Waals surface area contributed by atoms with Crippen molar-refractivity contribution in [1.82, 2.24) is 0 Å². The SMILES string of the molecule is COc1ccc(Nc2ccccc2N)cc1.Cl.Cl. The molecule has 0 saturated carbocycles. The van der Waals surface area contributed by atoms with E-state index >= 15 is 0 Å². The summed E-state index contributed by atoms with van der Waals surface area (Å²) in [5.41, 5.74) is 8.47. The first-order valence-corrected chi connectivity index (χ1v) is 5.05. The van der Waals surface area contributed by atoms with Crippen LogP contribution in [-0.4, -0.2) is 7.11 Å². The van der Waals surface area contributed by atoms with Crippen LogP contribution in [0.15, 0.2) is 48.5 Å². The Morgan fingerprint density at radius 3 is 2.11 bits per heavy atom. The molecule has 0 unspecified atom stereocenters. The number of para-hydroxylation sites is 2. The maximum absolute atomic E-state index is 5.84. The second kappa shape index (κ2) is 7.69. The third-order valence-electron chi connectivity index (χ3n) is 2.33. The van der Waals surface area contributed by atoms with Crippen LogP contribution in [0, 0.1) is 0 Å². The smallest absolute Gasteiger partial charge is 0.119 e. The van der Waals surface area contributed by atoms with Crippen LogP contribution < -0.4 is 15.8 Å². The Morgan fingerprint density at radius 2 is 1.56 bits per heavy atom. The van der Waals surface area contributed by atoms with Gasteiger partial charge in [-0.1, -0.05) is 12.1 Å². The molecule has 0 amide bonds. The molecule has 0 aliphatic heterocycles. The fraction of sp³-hybridized carbons (Fsp3) is 0.0769. The molecule has 2 aromatic carbocycles. The number of hydrogen-bond acceptors (Lipinski definition) is 3. The summed E-state index contributed by atoms with van der Waals surface area (Å²) in [6.45, 7) is 0. The molecule has 0 fully saturated rings. The molecular weight excluding hydrogens is 271 g/mol. The Hall–Kier alpha value is -1.58. The number of nitrogens with two attached hydrogens (primary N) is 1. The molecule has 0 heterocycles. The van der Waals surface area contributed by atoms with Gasteiger partial charge in [-0.15, -0.1) is 24.8 Å². The molecule has 0 aliphatic carbocycles. The van der Waals surface area contributed by atoms with Gasteiger partial charge in [0, 0.05) is 5.69 Å². The molecule has 5 heteroatoms. The third kappa shape index (κ3) is 4.02. The Balaban J connectivity index is 0.00000144. The first-order valence-electron chi connectivity index (χ1n) is 5.05. The molecule has 0 saturated heterocycles. The van der Waals surface area contributed by atoms with Crippen LogP contribution in [0.2, 0.25) is 0 Å². The van der Waals surface area contributed by atoms with E-state index in [9.17, 15) is 0 Å². The Kier molecular flexibility index (Phi) is 7.01. The van der Waals surface area contributed by atoms with E-state index in [1.54, 1.807) is 7.11 Å². The summed E-state index contributed by atoms with van der Waals surface area (Å²) in [6, 6.07) is 15.4. The zero-order chi connectivity index (χ0) is 11.4. The van der Waals surface area contributed by atoms with Crippen molar-refractivity contribution < 1.29 is 4.74 Å². The van der Waals surface area contributed by atoms with Crippen LogP contribution in [0.25, 0.3) is 0 Å². The summed E-state index contributed by atoms with van der Waals surface area (Å²) < 4.78 is 5.09. The van der Waals surface area contributed by atoms with Crippen molar-refractivity contribution in [3.8, 4) is 5.75 Å². The molecule has 0 spiro atoms. The van der Waals surface area contributed by atoms with Gasteiger partial charge in [0.25, 0.3) is 0 Å². The highest BCUT2D eigenvalue weighted by Gasteiger charge is 1.98. The van der Waals surface area contributed by atoms with Crippen molar-refractivity contribution >= 4 is 41.9 Å². The first kappa shape index (κ1) is 16.4. The van der Waals surface area contributed by atoms with Crippen LogP contribution >= 0.6 is 24.8 Å². The lowest BCUT2D eigenvalue weighted by Gasteiger charge is -2.09. The highest BCUT2D eigenvalue weighted by molar-refractivity contribution is 5.85. The first-order chi connectivity index (χ1) is 7.79. The minimum atomic E-state index is 0. The number of anilines is 3. The van der Waals surface area contributed by atoms with Gasteiger partial charge in [-0.25, -0.2) is 0 Å². The molecule has 18 heavy (non-hydrogen) atoms. The summed E-state index contributed by atoms with van der Waals surface area (Å²) in [5.74, 6) is 0.839. The maximum atomic E-state index is 5.84. The molecule has 0 radical (unpaired) electrons. The van der Waals surface area contributed by atoms with E-state index in [2.05, 4.69) is 5.32 Å². The third-order valence-corrected chi connectivity index (χ3v) is 2.33. The topological polar surface area (TPSA) is 47.3 Å². The molecule has 3 N–H and O–H groups in total. The van der Waals surface area contributed by atoms with Crippen LogP contribution in [0.5, 0.6) is 5.75 Å². The van der Waals surface area contributed by atoms with Gasteiger partial charge in [-0.05, 0) is 36.4 Å². The van der Waals surface area contributed by atoms with E-state index in [1.165, 1.54) is 0 Å². The van der Waals surface area contributed by atoms with Crippen molar-refractivity contribution in [1.29, 1.82) is 0 Å². The van der Waals surface area contributed by atoms with E-state index in [1.807, 2.05) is 48.5 Å². The molecule has 0 bridgehead atoms. The monoisotopic (exact) mass is 286 g/mol. The normalized spacial score (nSPS) is 8.72. The fourth-order valence-corrected chi connectivity index (χ4v) is 1.44. The van der Waals surface area contributed by atoms with Gasteiger partial charge < -0.3 is 15.8 Å². The Bertz CT molecular complexity index is 475. The number of methoxy groups -OCH3 is 1. The average Bonchev–Trinajstić information content (AvgIpc) is 2.33. The van der Waals surface area contributed by atoms with Gasteiger partial charge in [0.15, 0.2) is 0 Å². The maximum Gasteiger partial charge on any atom is 0.119 e. The number of nitrogens with one attached hydrogen (secondary N) is 1. The van der Waals surface area contributed by atoms with Gasteiger partial charge >= 0.3 is 0 Å². The van der Waals surface area contributed by atoms with E-state index in [0.717, 1.165) is 22.8 Å².